The average Bonchev–Trinajstić information content (AvgIpc) is 2.79. The fourth-order valence-electron chi connectivity index (χ4n) is 1.46. The molecule has 5 nitrogen and oxygen atoms in total. The van der Waals surface area contributed by atoms with Gasteiger partial charge in [0.25, 0.3) is 0 Å². The van der Waals surface area contributed by atoms with Crippen molar-refractivity contribution in [1.29, 1.82) is 0 Å². The van der Waals surface area contributed by atoms with Gasteiger partial charge in [0.2, 0.25) is 11.0 Å². The van der Waals surface area contributed by atoms with Crippen LogP contribution in [0.4, 0.5) is 10.8 Å². The number of halogens is 2. The van der Waals surface area contributed by atoms with Crippen molar-refractivity contribution in [1.82, 2.24) is 10.2 Å². The highest BCUT2D eigenvalue weighted by molar-refractivity contribution is 7.15. The van der Waals surface area contributed by atoms with Gasteiger partial charge in [0.05, 0.1) is 10.0 Å². The van der Waals surface area contributed by atoms with Crippen molar-refractivity contribution >= 4 is 51.3 Å². The molecule has 1 aromatic carbocycles. The van der Waals surface area contributed by atoms with Crippen LogP contribution in [0.15, 0.2) is 18.2 Å². The molecule has 0 aliphatic rings. The summed E-state index contributed by atoms with van der Waals surface area (Å²) in [5, 5.41) is 15.6. The van der Waals surface area contributed by atoms with Crippen LogP contribution in [0.2, 0.25) is 10.0 Å². The monoisotopic (exact) mass is 330 g/mol. The Hall–Kier alpha value is -1.37. The summed E-state index contributed by atoms with van der Waals surface area (Å²) in [5.74, 6) is -0.202. The number of carbonyl (C=O) groups excluding carboxylic acids is 1. The van der Waals surface area contributed by atoms with Gasteiger partial charge in [-0.2, -0.15) is 0 Å². The lowest BCUT2D eigenvalue weighted by molar-refractivity contribution is -0.116. The topological polar surface area (TPSA) is 66.9 Å². The zero-order chi connectivity index (χ0) is 14.7. The molecule has 1 atom stereocenters. The summed E-state index contributed by atoms with van der Waals surface area (Å²) >= 11 is 13.1. The minimum atomic E-state index is -0.448. The lowest BCUT2D eigenvalue weighted by atomic mass is 10.2. The first kappa shape index (κ1) is 15.0. The first-order valence-corrected chi connectivity index (χ1v) is 7.35. The zero-order valence-corrected chi connectivity index (χ0v) is 13.1. The average molecular weight is 331 g/mol. The van der Waals surface area contributed by atoms with Crippen LogP contribution in [0.25, 0.3) is 0 Å². The maximum atomic E-state index is 12.0. The number of nitrogens with one attached hydrogen (secondary N) is 2. The smallest absolute Gasteiger partial charge is 0.248 e. The van der Waals surface area contributed by atoms with Crippen LogP contribution in [0, 0.1) is 6.92 Å². The molecule has 8 heteroatoms. The zero-order valence-electron chi connectivity index (χ0n) is 10.8. The molecule has 0 aliphatic heterocycles. The van der Waals surface area contributed by atoms with Crippen molar-refractivity contribution in [3.8, 4) is 0 Å². The summed E-state index contributed by atoms with van der Waals surface area (Å²) in [6.45, 7) is 3.57. The number of hydrogen-bond acceptors (Lipinski definition) is 5. The summed E-state index contributed by atoms with van der Waals surface area (Å²) in [5.41, 5.74) is 0.718. The maximum Gasteiger partial charge on any atom is 0.248 e. The van der Waals surface area contributed by atoms with Crippen LogP contribution in [0.1, 0.15) is 11.9 Å². The minimum absolute atomic E-state index is 0.202. The van der Waals surface area contributed by atoms with Crippen LogP contribution < -0.4 is 10.6 Å². The molecule has 0 saturated carbocycles. The molecule has 2 rings (SSSR count). The van der Waals surface area contributed by atoms with E-state index in [1.54, 1.807) is 25.1 Å². The molecule has 2 N–H and O–H groups in total. The highest BCUT2D eigenvalue weighted by Gasteiger charge is 2.15. The van der Waals surface area contributed by atoms with Crippen molar-refractivity contribution in [2.75, 3.05) is 10.6 Å². The second-order valence-electron chi connectivity index (χ2n) is 4.11. The second-order valence-corrected chi connectivity index (χ2v) is 6.11. The quantitative estimate of drug-likeness (QED) is 0.898. The lowest BCUT2D eigenvalue weighted by Gasteiger charge is -2.14. The molecular weight excluding hydrogens is 319 g/mol. The molecule has 2 aromatic rings. The molecule has 1 amide bonds. The fourth-order valence-corrected chi connectivity index (χ4v) is 2.36. The molecule has 20 heavy (non-hydrogen) atoms. The van der Waals surface area contributed by atoms with E-state index < -0.39 is 6.04 Å². The number of carbonyl (C=O) groups is 1. The summed E-state index contributed by atoms with van der Waals surface area (Å²) in [7, 11) is 0. The Morgan fingerprint density at radius 2 is 2.05 bits per heavy atom. The van der Waals surface area contributed by atoms with E-state index in [0.29, 0.717) is 15.2 Å². The number of aromatic nitrogens is 2. The third-order valence-electron chi connectivity index (χ3n) is 2.45. The normalized spacial score (nSPS) is 12.0. The van der Waals surface area contributed by atoms with Crippen LogP contribution >= 0.6 is 34.5 Å². The Bertz CT molecular complexity index is 632. The molecule has 0 bridgehead atoms. The number of anilines is 2. The van der Waals surface area contributed by atoms with Crippen molar-refractivity contribution in [2.24, 2.45) is 0 Å². The summed E-state index contributed by atoms with van der Waals surface area (Å²) in [6.07, 6.45) is 0. The third kappa shape index (κ3) is 3.82. The summed E-state index contributed by atoms with van der Waals surface area (Å²) in [6, 6.07) is 4.65. The molecule has 1 heterocycles. The molecule has 0 spiro atoms. The fraction of sp³-hybridized carbons (Fsp3) is 0.250. The maximum absolute atomic E-state index is 12.0. The van der Waals surface area contributed by atoms with Gasteiger partial charge in [0.15, 0.2) is 0 Å². The number of nitrogens with zero attached hydrogens (tertiary/aromatic N) is 2. The van der Waals surface area contributed by atoms with Crippen LogP contribution in [-0.2, 0) is 4.79 Å². The molecule has 0 radical (unpaired) electrons. The highest BCUT2D eigenvalue weighted by atomic mass is 35.5. The molecule has 0 fully saturated rings. The Balaban J connectivity index is 1.98. The van der Waals surface area contributed by atoms with Gasteiger partial charge in [-0.3, -0.25) is 10.1 Å². The standard InChI is InChI=1S/C12H12Cl2N4OS/c1-6(11(19)16-12-18-17-7(2)20-12)15-8-3-4-9(13)10(14)5-8/h3-6,15H,1-2H3,(H,16,18,19)/t6-/m1/s1. The van der Waals surface area contributed by atoms with E-state index in [2.05, 4.69) is 20.8 Å². The van der Waals surface area contributed by atoms with Gasteiger partial charge >= 0.3 is 0 Å². The Labute approximate surface area is 130 Å². The predicted octanol–water partition coefficient (Wildman–Crippen LogP) is 3.59. The second kappa shape index (κ2) is 6.39. The van der Waals surface area contributed by atoms with Gasteiger partial charge in [-0.25, -0.2) is 0 Å². The van der Waals surface area contributed by atoms with E-state index in [-0.39, 0.29) is 5.91 Å². The van der Waals surface area contributed by atoms with Gasteiger partial charge < -0.3 is 5.32 Å². The van der Waals surface area contributed by atoms with E-state index >= 15 is 0 Å². The van der Waals surface area contributed by atoms with E-state index in [0.717, 1.165) is 10.7 Å². The first-order valence-electron chi connectivity index (χ1n) is 5.78. The number of hydrogen-bond donors (Lipinski definition) is 2. The largest absolute Gasteiger partial charge is 0.374 e. The van der Waals surface area contributed by atoms with E-state index in [9.17, 15) is 4.79 Å². The Morgan fingerprint density at radius 1 is 1.30 bits per heavy atom. The van der Waals surface area contributed by atoms with E-state index in [1.165, 1.54) is 11.3 Å². The van der Waals surface area contributed by atoms with Crippen molar-refractivity contribution in [3.05, 3.63) is 33.3 Å². The lowest BCUT2D eigenvalue weighted by Crippen LogP contribution is -2.31. The first-order chi connectivity index (χ1) is 9.45. The summed E-state index contributed by atoms with van der Waals surface area (Å²) < 4.78 is 0. The number of rotatable bonds is 4. The molecule has 0 saturated heterocycles. The van der Waals surface area contributed by atoms with Crippen molar-refractivity contribution in [3.63, 3.8) is 0 Å². The van der Waals surface area contributed by atoms with Crippen LogP contribution in [-0.4, -0.2) is 22.1 Å². The van der Waals surface area contributed by atoms with Gasteiger partial charge in [-0.15, -0.1) is 10.2 Å². The number of aryl methyl sites for hydroxylation is 1. The van der Waals surface area contributed by atoms with Crippen LogP contribution in [0.3, 0.4) is 0 Å². The third-order valence-corrected chi connectivity index (χ3v) is 3.95. The van der Waals surface area contributed by atoms with Crippen molar-refractivity contribution in [2.45, 2.75) is 19.9 Å². The molecule has 0 unspecified atom stereocenters. The molecule has 0 aliphatic carbocycles. The molecular formula is C12H12Cl2N4OS. The van der Waals surface area contributed by atoms with E-state index in [4.69, 9.17) is 23.2 Å². The van der Waals surface area contributed by atoms with Crippen LogP contribution in [0.5, 0.6) is 0 Å². The Kier molecular flexibility index (Phi) is 4.80. The van der Waals surface area contributed by atoms with Gasteiger partial charge in [-0.1, -0.05) is 34.5 Å². The van der Waals surface area contributed by atoms with Gasteiger partial charge in [-0.05, 0) is 32.0 Å². The van der Waals surface area contributed by atoms with Crippen molar-refractivity contribution < 1.29 is 4.79 Å². The molecule has 106 valence electrons. The predicted molar refractivity (Wildman–Crippen MR) is 82.8 cm³/mol. The summed E-state index contributed by atoms with van der Waals surface area (Å²) in [4.78, 5) is 12.0. The minimum Gasteiger partial charge on any atom is -0.374 e. The SMILES string of the molecule is Cc1nnc(NC(=O)[C@@H](C)Nc2ccc(Cl)c(Cl)c2)s1. The number of benzene rings is 1. The van der Waals surface area contributed by atoms with E-state index in [1.807, 2.05) is 6.92 Å². The highest BCUT2D eigenvalue weighted by Crippen LogP contribution is 2.25. The Morgan fingerprint density at radius 3 is 2.65 bits per heavy atom. The number of amides is 1. The van der Waals surface area contributed by atoms with Gasteiger partial charge in [0, 0.05) is 5.69 Å². The van der Waals surface area contributed by atoms with Gasteiger partial charge in [0.1, 0.15) is 11.0 Å². The molecule has 1 aromatic heterocycles.